The number of nitrogens with one attached hydrogen (secondary N) is 1. The number of methoxy groups -OCH3 is 1. The van der Waals surface area contributed by atoms with Gasteiger partial charge in [-0.1, -0.05) is 37.3 Å². The maximum atomic E-state index is 5.33. The highest BCUT2D eigenvalue weighted by atomic mass is 16.5. The number of benzene rings is 1. The summed E-state index contributed by atoms with van der Waals surface area (Å²) in [6.07, 6.45) is 2.77. The molecule has 1 N–H and O–H groups in total. The average molecular weight is 262 g/mol. The summed E-state index contributed by atoms with van der Waals surface area (Å²) in [4.78, 5) is 2.57. The summed E-state index contributed by atoms with van der Waals surface area (Å²) in [5.41, 5.74) is 1.30. The molecule has 106 valence electrons. The Balaban J connectivity index is 1.80. The minimum atomic E-state index is 0.295. The average Bonchev–Trinajstić information content (AvgIpc) is 3.28. The van der Waals surface area contributed by atoms with Crippen molar-refractivity contribution in [3.05, 3.63) is 35.9 Å². The summed E-state index contributed by atoms with van der Waals surface area (Å²) in [5.74, 6) is 0. The number of hydrogen-bond acceptors (Lipinski definition) is 3. The minimum Gasteiger partial charge on any atom is -0.383 e. The predicted molar refractivity (Wildman–Crippen MR) is 79.3 cm³/mol. The van der Waals surface area contributed by atoms with Gasteiger partial charge in [0.25, 0.3) is 0 Å². The van der Waals surface area contributed by atoms with Crippen LogP contribution < -0.4 is 5.32 Å². The molecular formula is C16H26N2O. The first-order chi connectivity index (χ1) is 9.35. The van der Waals surface area contributed by atoms with Crippen LogP contribution in [0.2, 0.25) is 0 Å². The van der Waals surface area contributed by atoms with E-state index < -0.39 is 0 Å². The van der Waals surface area contributed by atoms with E-state index in [1.54, 1.807) is 7.11 Å². The van der Waals surface area contributed by atoms with E-state index in [0.717, 1.165) is 32.3 Å². The molecule has 0 amide bonds. The van der Waals surface area contributed by atoms with E-state index in [4.69, 9.17) is 4.74 Å². The lowest BCUT2D eigenvalue weighted by molar-refractivity contribution is 0.163. The molecule has 1 fully saturated rings. The largest absolute Gasteiger partial charge is 0.383 e. The molecule has 0 bridgehead atoms. The molecule has 1 aromatic rings. The van der Waals surface area contributed by atoms with Crippen molar-refractivity contribution in [1.82, 2.24) is 10.2 Å². The van der Waals surface area contributed by atoms with Gasteiger partial charge in [-0.15, -0.1) is 0 Å². The number of rotatable bonds is 9. The lowest BCUT2D eigenvalue weighted by Crippen LogP contribution is -2.36. The van der Waals surface area contributed by atoms with Crippen molar-refractivity contribution in [2.24, 2.45) is 0 Å². The van der Waals surface area contributed by atoms with Gasteiger partial charge in [-0.2, -0.15) is 0 Å². The molecule has 0 aromatic heterocycles. The van der Waals surface area contributed by atoms with Gasteiger partial charge in [0.1, 0.15) is 0 Å². The summed E-state index contributed by atoms with van der Waals surface area (Å²) in [6.45, 7) is 6.29. The molecule has 0 saturated heterocycles. The number of likely N-dealkylation sites (N-methyl/N-ethyl adjacent to an activating group) is 1. The smallest absolute Gasteiger partial charge is 0.0657 e. The van der Waals surface area contributed by atoms with E-state index in [0.29, 0.717) is 6.04 Å². The molecule has 1 atom stereocenters. The van der Waals surface area contributed by atoms with Crippen LogP contribution in [0.5, 0.6) is 0 Å². The van der Waals surface area contributed by atoms with Gasteiger partial charge in [0.05, 0.1) is 12.6 Å². The maximum Gasteiger partial charge on any atom is 0.0657 e. The minimum absolute atomic E-state index is 0.295. The third kappa shape index (κ3) is 4.60. The molecular weight excluding hydrogens is 236 g/mol. The molecule has 1 aliphatic rings. The van der Waals surface area contributed by atoms with E-state index in [1.165, 1.54) is 18.4 Å². The monoisotopic (exact) mass is 262 g/mol. The number of hydrogen-bond donors (Lipinski definition) is 1. The Hall–Kier alpha value is -0.900. The molecule has 2 rings (SSSR count). The van der Waals surface area contributed by atoms with Gasteiger partial charge in [0.2, 0.25) is 0 Å². The molecule has 1 saturated carbocycles. The van der Waals surface area contributed by atoms with Gasteiger partial charge < -0.3 is 10.1 Å². The van der Waals surface area contributed by atoms with Crippen molar-refractivity contribution in [1.29, 1.82) is 0 Å². The van der Waals surface area contributed by atoms with E-state index in [2.05, 4.69) is 47.5 Å². The fourth-order valence-corrected chi connectivity index (χ4v) is 2.55. The zero-order valence-corrected chi connectivity index (χ0v) is 12.1. The highest BCUT2D eigenvalue weighted by Crippen LogP contribution is 2.26. The second kappa shape index (κ2) is 7.63. The SMILES string of the molecule is CCN(CCNC(COC)c1ccccc1)C1CC1. The third-order valence-electron chi connectivity index (χ3n) is 3.79. The second-order valence-electron chi connectivity index (χ2n) is 5.23. The first kappa shape index (κ1) is 14.5. The Morgan fingerprint density at radius 2 is 2.05 bits per heavy atom. The summed E-state index contributed by atoms with van der Waals surface area (Å²) in [7, 11) is 1.76. The Kier molecular flexibility index (Phi) is 5.83. The van der Waals surface area contributed by atoms with Crippen molar-refractivity contribution >= 4 is 0 Å². The molecule has 19 heavy (non-hydrogen) atoms. The van der Waals surface area contributed by atoms with Crippen LogP contribution in [0.25, 0.3) is 0 Å². The Bertz CT molecular complexity index is 351. The standard InChI is InChI=1S/C16H26N2O/c1-3-18(15-9-10-15)12-11-17-16(13-19-2)14-7-5-4-6-8-14/h4-8,15-17H,3,9-13H2,1-2H3. The summed E-state index contributed by atoms with van der Waals surface area (Å²) in [5, 5.41) is 3.62. The summed E-state index contributed by atoms with van der Waals surface area (Å²) >= 11 is 0. The predicted octanol–water partition coefficient (Wildman–Crippen LogP) is 2.45. The molecule has 3 heteroatoms. The molecule has 0 radical (unpaired) electrons. The van der Waals surface area contributed by atoms with E-state index in [-0.39, 0.29) is 0 Å². The van der Waals surface area contributed by atoms with Crippen LogP contribution >= 0.6 is 0 Å². The van der Waals surface area contributed by atoms with Crippen molar-refractivity contribution in [3.8, 4) is 0 Å². The van der Waals surface area contributed by atoms with Crippen LogP contribution in [0.3, 0.4) is 0 Å². The van der Waals surface area contributed by atoms with Crippen molar-refractivity contribution in [2.75, 3.05) is 33.4 Å². The first-order valence-electron chi connectivity index (χ1n) is 7.36. The Morgan fingerprint density at radius 3 is 2.63 bits per heavy atom. The topological polar surface area (TPSA) is 24.5 Å². The van der Waals surface area contributed by atoms with Crippen LogP contribution in [0.4, 0.5) is 0 Å². The molecule has 1 aromatic carbocycles. The highest BCUT2D eigenvalue weighted by Gasteiger charge is 2.27. The zero-order chi connectivity index (χ0) is 13.5. The number of ether oxygens (including phenoxy) is 1. The first-order valence-corrected chi connectivity index (χ1v) is 7.36. The van der Waals surface area contributed by atoms with Gasteiger partial charge in [0, 0.05) is 26.2 Å². The molecule has 3 nitrogen and oxygen atoms in total. The van der Waals surface area contributed by atoms with E-state index in [1.807, 2.05) is 0 Å². The van der Waals surface area contributed by atoms with Crippen LogP contribution in [0, 0.1) is 0 Å². The molecule has 0 spiro atoms. The van der Waals surface area contributed by atoms with Crippen molar-refractivity contribution in [2.45, 2.75) is 31.8 Å². The molecule has 0 aliphatic heterocycles. The van der Waals surface area contributed by atoms with E-state index in [9.17, 15) is 0 Å². The van der Waals surface area contributed by atoms with Gasteiger partial charge in [-0.3, -0.25) is 4.90 Å². The zero-order valence-electron chi connectivity index (χ0n) is 12.1. The maximum absolute atomic E-state index is 5.33. The number of nitrogens with zero attached hydrogens (tertiary/aromatic N) is 1. The van der Waals surface area contributed by atoms with Gasteiger partial charge in [-0.25, -0.2) is 0 Å². The quantitative estimate of drug-likeness (QED) is 0.740. The van der Waals surface area contributed by atoms with Crippen molar-refractivity contribution in [3.63, 3.8) is 0 Å². The van der Waals surface area contributed by atoms with Gasteiger partial charge >= 0.3 is 0 Å². The fraction of sp³-hybridized carbons (Fsp3) is 0.625. The normalized spacial score (nSPS) is 16.8. The van der Waals surface area contributed by atoms with E-state index >= 15 is 0 Å². The third-order valence-corrected chi connectivity index (χ3v) is 3.79. The lowest BCUT2D eigenvalue weighted by Gasteiger charge is -2.23. The Morgan fingerprint density at radius 1 is 1.32 bits per heavy atom. The van der Waals surface area contributed by atoms with Crippen LogP contribution in [-0.2, 0) is 4.74 Å². The van der Waals surface area contributed by atoms with Crippen LogP contribution in [-0.4, -0.2) is 44.3 Å². The molecule has 0 heterocycles. The van der Waals surface area contributed by atoms with Crippen LogP contribution in [0.1, 0.15) is 31.4 Å². The summed E-state index contributed by atoms with van der Waals surface area (Å²) in [6, 6.07) is 11.7. The lowest BCUT2D eigenvalue weighted by atomic mass is 10.1. The second-order valence-corrected chi connectivity index (χ2v) is 5.23. The fourth-order valence-electron chi connectivity index (χ4n) is 2.55. The molecule has 1 aliphatic carbocycles. The highest BCUT2D eigenvalue weighted by molar-refractivity contribution is 5.18. The van der Waals surface area contributed by atoms with Gasteiger partial charge in [-0.05, 0) is 24.9 Å². The van der Waals surface area contributed by atoms with Crippen LogP contribution in [0.15, 0.2) is 30.3 Å². The van der Waals surface area contributed by atoms with Gasteiger partial charge in [0.15, 0.2) is 0 Å². The van der Waals surface area contributed by atoms with Crippen molar-refractivity contribution < 1.29 is 4.74 Å². The molecule has 1 unspecified atom stereocenters. The summed E-state index contributed by atoms with van der Waals surface area (Å²) < 4.78 is 5.33. The Labute approximate surface area is 116 Å².